The fourth-order valence-corrected chi connectivity index (χ4v) is 2.87. The van der Waals surface area contributed by atoms with Crippen molar-refractivity contribution in [2.75, 3.05) is 14.2 Å². The van der Waals surface area contributed by atoms with E-state index in [1.165, 1.54) is 26.5 Å². The Morgan fingerprint density at radius 3 is 2.00 bits per heavy atom. The van der Waals surface area contributed by atoms with Gasteiger partial charge >= 0.3 is 11.9 Å². The third kappa shape index (κ3) is 14.1. The van der Waals surface area contributed by atoms with Crippen molar-refractivity contribution in [1.82, 2.24) is 0 Å². The first-order valence-electron chi connectivity index (χ1n) is 12.0. The van der Waals surface area contributed by atoms with Gasteiger partial charge < -0.3 is 9.47 Å². The predicted octanol–water partition coefficient (Wildman–Crippen LogP) is 5.66. The molecule has 3 atom stereocenters. The molecule has 0 bridgehead atoms. The molecule has 0 heterocycles. The van der Waals surface area contributed by atoms with E-state index >= 15 is 0 Å². The monoisotopic (exact) mass is 516 g/mol. The first-order chi connectivity index (χ1) is 18.2. The lowest BCUT2D eigenvalue weighted by Gasteiger charge is -2.16. The summed E-state index contributed by atoms with van der Waals surface area (Å²) < 4.78 is 9.21. The standard InChI is InChI=1S/C15H18N2O2.C11H13NO2.C4H5N/c1-11(9-10-16)14(15(18)19-3)17-12(2)13-7-5-4-6-8-13;1-9(12-8-11(13)14-2)10-6-4-3-5-7-10;1-2-3-4-5/h4-8,11,14H,9H2,1-3H3;3-9H,1-2H3;2-3H,1H3. The number of benzene rings is 2. The molecule has 200 valence electrons. The molecular weight excluding hydrogens is 480 g/mol. The smallest absolute Gasteiger partial charge is 0.348 e. The van der Waals surface area contributed by atoms with Crippen LogP contribution in [0.4, 0.5) is 0 Å². The lowest BCUT2D eigenvalue weighted by atomic mass is 9.99. The largest absolute Gasteiger partial charge is 0.467 e. The van der Waals surface area contributed by atoms with Crippen molar-refractivity contribution < 1.29 is 19.1 Å². The molecule has 0 saturated heterocycles. The quantitative estimate of drug-likeness (QED) is 0.253. The van der Waals surface area contributed by atoms with E-state index in [2.05, 4.69) is 20.8 Å². The molecule has 0 N–H and O–H groups in total. The van der Waals surface area contributed by atoms with Crippen LogP contribution in [0.3, 0.4) is 0 Å². The highest BCUT2D eigenvalue weighted by molar-refractivity contribution is 6.23. The summed E-state index contributed by atoms with van der Waals surface area (Å²) in [5, 5.41) is 16.5. The van der Waals surface area contributed by atoms with E-state index in [-0.39, 0.29) is 18.4 Å². The number of nitriles is 2. The van der Waals surface area contributed by atoms with Crippen LogP contribution in [0, 0.1) is 28.6 Å². The number of rotatable bonds is 8. The maximum absolute atomic E-state index is 11.8. The van der Waals surface area contributed by atoms with Crippen LogP contribution in [0.25, 0.3) is 0 Å². The van der Waals surface area contributed by atoms with E-state index in [4.69, 9.17) is 15.3 Å². The number of hydrogen-bond donors (Lipinski definition) is 0. The molecule has 0 aliphatic rings. The summed E-state index contributed by atoms with van der Waals surface area (Å²) in [6.07, 6.45) is 4.60. The number of methoxy groups -OCH3 is 2. The Bertz CT molecular complexity index is 1130. The minimum atomic E-state index is -0.634. The molecule has 2 aromatic rings. The summed E-state index contributed by atoms with van der Waals surface area (Å²) in [6, 6.07) is 22.6. The molecular formula is C30H36N4O4. The summed E-state index contributed by atoms with van der Waals surface area (Å²) in [4.78, 5) is 31.0. The SMILES string of the molecule is CC=CC#N.COC(=O)C(N=C(C)c1ccccc1)C(C)CC#N.COC(=O)C=NC(C)c1ccccc1. The Morgan fingerprint density at radius 1 is 0.974 bits per heavy atom. The van der Waals surface area contributed by atoms with Gasteiger partial charge in [0.2, 0.25) is 0 Å². The number of hydrogen-bond acceptors (Lipinski definition) is 8. The number of esters is 2. The van der Waals surface area contributed by atoms with E-state index in [0.717, 1.165) is 16.8 Å². The molecule has 2 aromatic carbocycles. The predicted molar refractivity (Wildman–Crippen MR) is 150 cm³/mol. The maximum atomic E-state index is 11.8. The second-order valence-electron chi connectivity index (χ2n) is 7.91. The number of aliphatic imine (C=N–C) groups is 2. The van der Waals surface area contributed by atoms with Crippen molar-refractivity contribution in [2.45, 2.75) is 46.2 Å². The molecule has 8 heteroatoms. The third-order valence-corrected chi connectivity index (χ3v) is 5.05. The molecule has 0 aromatic heterocycles. The zero-order valence-electron chi connectivity index (χ0n) is 22.9. The van der Waals surface area contributed by atoms with Gasteiger partial charge in [0, 0.05) is 24.1 Å². The average Bonchev–Trinajstić information content (AvgIpc) is 2.96. The topological polar surface area (TPSA) is 125 Å². The first-order valence-corrected chi connectivity index (χ1v) is 12.0. The summed E-state index contributed by atoms with van der Waals surface area (Å²) in [5.41, 5.74) is 2.80. The van der Waals surface area contributed by atoms with Gasteiger partial charge in [0.25, 0.3) is 0 Å². The Morgan fingerprint density at radius 2 is 1.55 bits per heavy atom. The molecule has 0 amide bonds. The molecule has 0 radical (unpaired) electrons. The Balaban J connectivity index is 0.000000631. The number of allylic oxidation sites excluding steroid dienone is 2. The molecule has 0 spiro atoms. The van der Waals surface area contributed by atoms with Crippen molar-refractivity contribution in [2.24, 2.45) is 15.9 Å². The number of ether oxygens (including phenoxy) is 2. The fourth-order valence-electron chi connectivity index (χ4n) is 2.87. The highest BCUT2D eigenvalue weighted by atomic mass is 16.5. The van der Waals surface area contributed by atoms with Gasteiger partial charge in [-0.2, -0.15) is 10.5 Å². The Labute approximate surface area is 226 Å². The zero-order valence-corrected chi connectivity index (χ0v) is 22.9. The van der Waals surface area contributed by atoms with Crippen LogP contribution < -0.4 is 0 Å². The number of carbonyl (C=O) groups is 2. The van der Waals surface area contributed by atoms with Crippen molar-refractivity contribution in [3.63, 3.8) is 0 Å². The second-order valence-corrected chi connectivity index (χ2v) is 7.91. The number of nitrogens with zero attached hydrogens (tertiary/aromatic N) is 4. The van der Waals surface area contributed by atoms with Gasteiger partial charge in [-0.05, 0) is 31.9 Å². The number of carbonyl (C=O) groups excluding carboxylic acids is 2. The molecule has 38 heavy (non-hydrogen) atoms. The molecule has 2 rings (SSSR count). The summed E-state index contributed by atoms with van der Waals surface area (Å²) in [7, 11) is 2.67. The highest BCUT2D eigenvalue weighted by Crippen LogP contribution is 2.16. The zero-order chi connectivity index (χ0) is 28.8. The van der Waals surface area contributed by atoms with Gasteiger partial charge in [0.15, 0.2) is 6.04 Å². The van der Waals surface area contributed by atoms with E-state index in [0.29, 0.717) is 0 Å². The Kier molecular flexibility index (Phi) is 18.1. The second kappa shape index (κ2) is 20.6. The van der Waals surface area contributed by atoms with Crippen molar-refractivity contribution in [1.29, 1.82) is 10.5 Å². The van der Waals surface area contributed by atoms with Gasteiger partial charge in [-0.1, -0.05) is 73.7 Å². The van der Waals surface area contributed by atoms with Crippen LogP contribution in [0.5, 0.6) is 0 Å². The van der Waals surface area contributed by atoms with Crippen LogP contribution in [0.15, 0.2) is 82.8 Å². The average molecular weight is 517 g/mol. The van der Waals surface area contributed by atoms with Gasteiger partial charge in [-0.3, -0.25) is 9.98 Å². The van der Waals surface area contributed by atoms with Crippen LogP contribution in [0.2, 0.25) is 0 Å². The van der Waals surface area contributed by atoms with Gasteiger partial charge in [-0.25, -0.2) is 9.59 Å². The normalized spacial score (nSPS) is 12.9. The Hall–Kier alpha value is -4.56. The maximum Gasteiger partial charge on any atom is 0.348 e. The molecule has 0 aliphatic heterocycles. The lowest BCUT2D eigenvalue weighted by molar-refractivity contribution is -0.143. The van der Waals surface area contributed by atoms with Gasteiger partial charge in [0.1, 0.15) is 6.21 Å². The summed E-state index contributed by atoms with van der Waals surface area (Å²) in [6.45, 7) is 7.41. The lowest BCUT2D eigenvalue weighted by Crippen LogP contribution is -2.28. The molecule has 0 saturated carbocycles. The molecule has 0 fully saturated rings. The summed E-state index contributed by atoms with van der Waals surface area (Å²) in [5.74, 6) is -0.998. The van der Waals surface area contributed by atoms with Crippen molar-refractivity contribution in [3.05, 3.63) is 83.9 Å². The van der Waals surface area contributed by atoms with Crippen molar-refractivity contribution in [3.8, 4) is 12.1 Å². The van der Waals surface area contributed by atoms with Gasteiger partial charge in [0.05, 0.1) is 32.4 Å². The van der Waals surface area contributed by atoms with Crippen LogP contribution in [0.1, 0.15) is 51.3 Å². The van der Waals surface area contributed by atoms with Crippen LogP contribution in [-0.2, 0) is 19.1 Å². The van der Waals surface area contributed by atoms with E-state index in [1.54, 1.807) is 6.08 Å². The van der Waals surface area contributed by atoms with E-state index in [9.17, 15) is 9.59 Å². The minimum Gasteiger partial charge on any atom is -0.467 e. The molecule has 0 aliphatic carbocycles. The molecule has 3 unspecified atom stereocenters. The van der Waals surface area contributed by atoms with Crippen LogP contribution >= 0.6 is 0 Å². The van der Waals surface area contributed by atoms with Gasteiger partial charge in [-0.15, -0.1) is 0 Å². The molecule has 8 nitrogen and oxygen atoms in total. The van der Waals surface area contributed by atoms with E-state index < -0.39 is 18.0 Å². The van der Waals surface area contributed by atoms with Crippen molar-refractivity contribution >= 4 is 23.9 Å². The minimum absolute atomic E-state index is 0.0182. The third-order valence-electron chi connectivity index (χ3n) is 5.05. The first kappa shape index (κ1) is 33.4. The highest BCUT2D eigenvalue weighted by Gasteiger charge is 2.25. The fraction of sp³-hybridized carbons (Fsp3) is 0.333. The van der Waals surface area contributed by atoms with E-state index in [1.807, 2.05) is 94.4 Å². The van der Waals surface area contributed by atoms with Crippen LogP contribution in [-0.4, -0.2) is 44.1 Å². The summed E-state index contributed by atoms with van der Waals surface area (Å²) >= 11 is 0.